The van der Waals surface area contributed by atoms with Gasteiger partial charge in [-0.25, -0.2) is 0 Å². The largest absolute Gasteiger partial charge is 0.373 e. The quantitative estimate of drug-likeness (QED) is 0.883. The molecular formula is C13H18BrClN2O. The second kappa shape index (κ2) is 5.93. The topological polar surface area (TPSA) is 41.1 Å². The predicted octanol–water partition coefficient (Wildman–Crippen LogP) is 3.82. The van der Waals surface area contributed by atoms with Crippen LogP contribution in [0.3, 0.4) is 0 Å². The molecule has 100 valence electrons. The Kier molecular flexibility index (Phi) is 5.05. The van der Waals surface area contributed by atoms with E-state index in [0.29, 0.717) is 5.02 Å². The lowest BCUT2D eigenvalue weighted by atomic mass is 10.1. The summed E-state index contributed by atoms with van der Waals surface area (Å²) in [5, 5.41) is 6.61. The van der Waals surface area contributed by atoms with Crippen LogP contribution in [0.25, 0.3) is 0 Å². The Labute approximate surface area is 121 Å². The number of carbonyl (C=O) groups excluding carboxylic acids is 1. The number of carbonyl (C=O) groups is 1. The zero-order valence-electron chi connectivity index (χ0n) is 11.0. The molecule has 3 nitrogen and oxygen atoms in total. The number of anilines is 1. The molecule has 1 aromatic rings. The van der Waals surface area contributed by atoms with E-state index in [1.54, 1.807) is 13.0 Å². The second-order valence-corrected chi connectivity index (χ2v) is 6.55. The maximum absolute atomic E-state index is 11.9. The first-order chi connectivity index (χ1) is 8.19. The smallest absolute Gasteiger partial charge is 0.242 e. The summed E-state index contributed by atoms with van der Waals surface area (Å²) in [5.74, 6) is -0.0569. The van der Waals surface area contributed by atoms with Gasteiger partial charge < -0.3 is 10.6 Å². The van der Waals surface area contributed by atoms with Crippen LogP contribution >= 0.6 is 27.5 Å². The van der Waals surface area contributed by atoms with Crippen molar-refractivity contribution < 1.29 is 4.79 Å². The fourth-order valence-corrected chi connectivity index (χ4v) is 1.92. The van der Waals surface area contributed by atoms with Gasteiger partial charge in [-0.05, 0) is 45.9 Å². The Hall–Kier alpha value is -0.740. The lowest BCUT2D eigenvalue weighted by molar-refractivity contribution is -0.122. The van der Waals surface area contributed by atoms with Crippen LogP contribution in [-0.4, -0.2) is 17.5 Å². The van der Waals surface area contributed by atoms with Crippen LogP contribution in [-0.2, 0) is 4.79 Å². The molecule has 0 aromatic heterocycles. The summed E-state index contributed by atoms with van der Waals surface area (Å²) in [6.45, 7) is 7.65. The highest BCUT2D eigenvalue weighted by atomic mass is 79.9. The highest BCUT2D eigenvalue weighted by molar-refractivity contribution is 9.10. The Morgan fingerprint density at radius 3 is 2.56 bits per heavy atom. The van der Waals surface area contributed by atoms with Crippen LogP contribution in [0.2, 0.25) is 5.02 Å². The Morgan fingerprint density at radius 2 is 2.00 bits per heavy atom. The van der Waals surface area contributed by atoms with Gasteiger partial charge >= 0.3 is 0 Å². The van der Waals surface area contributed by atoms with Crippen molar-refractivity contribution in [3.05, 3.63) is 27.7 Å². The van der Waals surface area contributed by atoms with Crippen molar-refractivity contribution in [1.82, 2.24) is 5.32 Å². The molecule has 0 aliphatic heterocycles. The third kappa shape index (κ3) is 4.86. The molecule has 0 fully saturated rings. The summed E-state index contributed by atoms with van der Waals surface area (Å²) >= 11 is 9.44. The lowest BCUT2D eigenvalue weighted by Gasteiger charge is -2.24. The molecule has 2 N–H and O–H groups in total. The minimum absolute atomic E-state index is 0.0569. The molecule has 1 aromatic carbocycles. The fraction of sp³-hybridized carbons (Fsp3) is 0.462. The van der Waals surface area contributed by atoms with Gasteiger partial charge in [0, 0.05) is 10.0 Å². The van der Waals surface area contributed by atoms with E-state index < -0.39 is 0 Å². The predicted molar refractivity (Wildman–Crippen MR) is 80.1 cm³/mol. The number of benzene rings is 1. The van der Waals surface area contributed by atoms with Gasteiger partial charge in [0.25, 0.3) is 0 Å². The summed E-state index contributed by atoms with van der Waals surface area (Å²) < 4.78 is 0.915. The molecule has 1 unspecified atom stereocenters. The summed E-state index contributed by atoms with van der Waals surface area (Å²) in [7, 11) is 0. The number of halogens is 2. The first kappa shape index (κ1) is 15.3. The SMILES string of the molecule is CC(Nc1cc(Br)ccc1Cl)C(=O)NC(C)(C)C. The molecule has 5 heteroatoms. The summed E-state index contributed by atoms with van der Waals surface area (Å²) in [6, 6.07) is 5.13. The van der Waals surface area contributed by atoms with E-state index in [1.807, 2.05) is 32.9 Å². The van der Waals surface area contributed by atoms with Crippen molar-refractivity contribution in [2.75, 3.05) is 5.32 Å². The van der Waals surface area contributed by atoms with E-state index in [0.717, 1.165) is 10.2 Å². The van der Waals surface area contributed by atoms with Crippen LogP contribution in [0.4, 0.5) is 5.69 Å². The molecule has 0 aliphatic rings. The zero-order valence-corrected chi connectivity index (χ0v) is 13.3. The maximum atomic E-state index is 11.9. The van der Waals surface area contributed by atoms with Gasteiger partial charge in [0.2, 0.25) is 5.91 Å². The molecular weight excluding hydrogens is 316 g/mol. The Bertz CT molecular complexity index is 443. The van der Waals surface area contributed by atoms with Crippen molar-refractivity contribution in [1.29, 1.82) is 0 Å². The number of amides is 1. The van der Waals surface area contributed by atoms with E-state index in [4.69, 9.17) is 11.6 Å². The van der Waals surface area contributed by atoms with Gasteiger partial charge in [-0.3, -0.25) is 4.79 Å². The van der Waals surface area contributed by atoms with Gasteiger partial charge in [-0.1, -0.05) is 27.5 Å². The van der Waals surface area contributed by atoms with Gasteiger partial charge in [0.1, 0.15) is 6.04 Å². The second-order valence-electron chi connectivity index (χ2n) is 5.23. The monoisotopic (exact) mass is 332 g/mol. The van der Waals surface area contributed by atoms with E-state index in [-0.39, 0.29) is 17.5 Å². The molecule has 0 aliphatic carbocycles. The molecule has 0 heterocycles. The summed E-state index contributed by atoms with van der Waals surface area (Å²) in [4.78, 5) is 11.9. The minimum Gasteiger partial charge on any atom is -0.373 e. The van der Waals surface area contributed by atoms with E-state index in [9.17, 15) is 4.79 Å². The van der Waals surface area contributed by atoms with Gasteiger partial charge in [0.05, 0.1) is 10.7 Å². The summed E-state index contributed by atoms with van der Waals surface area (Å²) in [6.07, 6.45) is 0. The van der Waals surface area contributed by atoms with Crippen molar-refractivity contribution >= 4 is 39.1 Å². The normalized spacial score (nSPS) is 13.0. The fourth-order valence-electron chi connectivity index (χ4n) is 1.38. The first-order valence-corrected chi connectivity index (χ1v) is 6.90. The van der Waals surface area contributed by atoms with Crippen molar-refractivity contribution in [2.24, 2.45) is 0 Å². The van der Waals surface area contributed by atoms with Crippen molar-refractivity contribution in [2.45, 2.75) is 39.3 Å². The van der Waals surface area contributed by atoms with Gasteiger partial charge in [0.15, 0.2) is 0 Å². The van der Waals surface area contributed by atoms with Crippen molar-refractivity contribution in [3.63, 3.8) is 0 Å². The molecule has 0 spiro atoms. The Balaban J connectivity index is 2.72. The summed E-state index contributed by atoms with van der Waals surface area (Å²) in [5.41, 5.74) is 0.497. The highest BCUT2D eigenvalue weighted by Crippen LogP contribution is 2.26. The third-order valence-corrected chi connectivity index (χ3v) is 3.01. The number of hydrogen-bond acceptors (Lipinski definition) is 2. The molecule has 1 amide bonds. The number of hydrogen-bond donors (Lipinski definition) is 2. The van der Waals surface area contributed by atoms with Gasteiger partial charge in [-0.2, -0.15) is 0 Å². The number of nitrogens with one attached hydrogen (secondary N) is 2. The van der Waals surface area contributed by atoms with Gasteiger partial charge in [-0.15, -0.1) is 0 Å². The van der Waals surface area contributed by atoms with Crippen LogP contribution in [0.15, 0.2) is 22.7 Å². The third-order valence-electron chi connectivity index (χ3n) is 2.19. The molecule has 0 saturated heterocycles. The van der Waals surface area contributed by atoms with E-state index in [2.05, 4.69) is 26.6 Å². The lowest BCUT2D eigenvalue weighted by Crippen LogP contribution is -2.47. The number of rotatable bonds is 3. The molecule has 0 bridgehead atoms. The van der Waals surface area contributed by atoms with E-state index in [1.165, 1.54) is 0 Å². The highest BCUT2D eigenvalue weighted by Gasteiger charge is 2.19. The minimum atomic E-state index is -0.351. The first-order valence-electron chi connectivity index (χ1n) is 5.72. The molecule has 0 saturated carbocycles. The van der Waals surface area contributed by atoms with Crippen LogP contribution < -0.4 is 10.6 Å². The molecule has 1 atom stereocenters. The average Bonchev–Trinajstić information content (AvgIpc) is 2.21. The van der Waals surface area contributed by atoms with Crippen LogP contribution in [0.1, 0.15) is 27.7 Å². The Morgan fingerprint density at radius 1 is 1.39 bits per heavy atom. The average molecular weight is 334 g/mol. The standard InChI is InChI=1S/C13H18BrClN2O/c1-8(12(18)17-13(2,3)4)16-11-7-9(14)5-6-10(11)15/h5-8,16H,1-4H3,(H,17,18). The molecule has 18 heavy (non-hydrogen) atoms. The molecule has 0 radical (unpaired) electrons. The zero-order chi connectivity index (χ0) is 13.9. The van der Waals surface area contributed by atoms with E-state index >= 15 is 0 Å². The van der Waals surface area contributed by atoms with Crippen LogP contribution in [0.5, 0.6) is 0 Å². The van der Waals surface area contributed by atoms with Crippen molar-refractivity contribution in [3.8, 4) is 0 Å². The molecule has 1 rings (SSSR count). The van der Waals surface area contributed by atoms with Crippen LogP contribution in [0, 0.1) is 0 Å². The maximum Gasteiger partial charge on any atom is 0.242 e.